The molecule has 2 amide bonds. The molecular weight excluding hydrogens is 317 g/mol. The van der Waals surface area contributed by atoms with Crippen molar-refractivity contribution in [2.45, 2.75) is 6.54 Å². The van der Waals surface area contributed by atoms with Crippen LogP contribution in [0.1, 0.15) is 11.1 Å². The van der Waals surface area contributed by atoms with Gasteiger partial charge in [-0.3, -0.25) is 14.5 Å². The monoisotopic (exact) mass is 329 g/mol. The highest BCUT2D eigenvalue weighted by atomic mass is 32.2. The smallest absolute Gasteiger partial charge is 0.293 e. The van der Waals surface area contributed by atoms with Gasteiger partial charge in [-0.25, -0.2) is 4.39 Å². The normalized spacial score (nSPS) is 16.4. The maximum Gasteiger partial charge on any atom is 0.293 e. The molecule has 0 atom stereocenters. The highest BCUT2D eigenvalue weighted by molar-refractivity contribution is 8.18. The summed E-state index contributed by atoms with van der Waals surface area (Å²) < 4.78 is 13.7. The molecule has 0 spiro atoms. The summed E-state index contributed by atoms with van der Waals surface area (Å²) in [5.41, 5.74) is 0.986. The third-order valence-corrected chi connectivity index (χ3v) is 4.26. The van der Waals surface area contributed by atoms with Crippen molar-refractivity contribution in [1.29, 1.82) is 0 Å². The molecule has 1 saturated heterocycles. The Morgan fingerprint density at radius 1 is 1.09 bits per heavy atom. The number of aromatic hydroxyl groups is 1. The quantitative estimate of drug-likeness (QED) is 0.871. The van der Waals surface area contributed by atoms with Gasteiger partial charge in [-0.05, 0) is 41.6 Å². The molecule has 1 aliphatic heterocycles. The van der Waals surface area contributed by atoms with E-state index >= 15 is 0 Å². The van der Waals surface area contributed by atoms with Gasteiger partial charge < -0.3 is 5.11 Å². The summed E-state index contributed by atoms with van der Waals surface area (Å²) in [4.78, 5) is 25.7. The minimum Gasteiger partial charge on any atom is -0.508 e. The number of halogens is 1. The summed E-state index contributed by atoms with van der Waals surface area (Å²) in [5.74, 6) is -0.778. The number of nitrogens with zero attached hydrogens (tertiary/aromatic N) is 1. The standard InChI is InChI=1S/C17H12FNO3S/c18-14-4-2-1-3-12(14)10-19-16(21)15(23-17(19)22)9-11-5-7-13(20)8-6-11/h1-9,20H,10H2/b15-9-. The van der Waals surface area contributed by atoms with Gasteiger partial charge in [-0.2, -0.15) is 0 Å². The highest BCUT2D eigenvalue weighted by Crippen LogP contribution is 2.33. The van der Waals surface area contributed by atoms with E-state index in [0.717, 1.165) is 16.7 Å². The Labute approximate surface area is 136 Å². The number of phenolic OH excluding ortho intramolecular Hbond substituents is 1. The summed E-state index contributed by atoms with van der Waals surface area (Å²) in [6.07, 6.45) is 1.58. The molecule has 0 radical (unpaired) electrons. The molecule has 0 aliphatic carbocycles. The Kier molecular flexibility index (Phi) is 4.16. The van der Waals surface area contributed by atoms with Crippen LogP contribution in [0.5, 0.6) is 5.75 Å². The molecule has 0 unspecified atom stereocenters. The van der Waals surface area contributed by atoms with Crippen LogP contribution in [-0.2, 0) is 11.3 Å². The number of thioether (sulfide) groups is 1. The van der Waals surface area contributed by atoms with Crippen molar-refractivity contribution >= 4 is 29.0 Å². The number of rotatable bonds is 3. The Morgan fingerprint density at radius 2 is 1.78 bits per heavy atom. The number of hydrogen-bond acceptors (Lipinski definition) is 4. The average molecular weight is 329 g/mol. The molecule has 1 aliphatic rings. The number of carbonyl (C=O) groups is 2. The van der Waals surface area contributed by atoms with Crippen LogP contribution in [0.25, 0.3) is 6.08 Å². The first-order valence-electron chi connectivity index (χ1n) is 6.82. The minimum absolute atomic E-state index is 0.0930. The lowest BCUT2D eigenvalue weighted by Gasteiger charge is -2.12. The van der Waals surface area contributed by atoms with E-state index in [1.54, 1.807) is 36.4 Å². The fourth-order valence-corrected chi connectivity index (χ4v) is 2.99. The second-order valence-electron chi connectivity index (χ2n) is 4.95. The summed E-state index contributed by atoms with van der Waals surface area (Å²) in [6.45, 7) is -0.0930. The number of carbonyl (C=O) groups excluding carboxylic acids is 2. The lowest BCUT2D eigenvalue weighted by molar-refractivity contribution is -0.123. The topological polar surface area (TPSA) is 57.6 Å². The Balaban J connectivity index is 1.82. The molecule has 23 heavy (non-hydrogen) atoms. The fraction of sp³-hybridized carbons (Fsp3) is 0.0588. The van der Waals surface area contributed by atoms with Crippen molar-refractivity contribution < 1.29 is 19.1 Å². The van der Waals surface area contributed by atoms with E-state index in [1.165, 1.54) is 18.2 Å². The summed E-state index contributed by atoms with van der Waals surface area (Å²) >= 11 is 0.820. The van der Waals surface area contributed by atoms with Gasteiger partial charge in [0.1, 0.15) is 11.6 Å². The summed E-state index contributed by atoms with van der Waals surface area (Å²) in [6, 6.07) is 12.3. The largest absolute Gasteiger partial charge is 0.508 e. The fourth-order valence-electron chi connectivity index (χ4n) is 2.16. The first-order valence-corrected chi connectivity index (χ1v) is 7.64. The van der Waals surface area contributed by atoms with Crippen LogP contribution in [0.2, 0.25) is 0 Å². The van der Waals surface area contributed by atoms with Crippen molar-refractivity contribution in [3.05, 3.63) is 70.4 Å². The summed E-state index contributed by atoms with van der Waals surface area (Å²) in [5, 5.41) is 8.83. The molecule has 0 aromatic heterocycles. The van der Waals surface area contributed by atoms with Gasteiger partial charge in [0.25, 0.3) is 11.1 Å². The van der Waals surface area contributed by atoms with Crippen LogP contribution in [0.3, 0.4) is 0 Å². The van der Waals surface area contributed by atoms with E-state index in [4.69, 9.17) is 0 Å². The van der Waals surface area contributed by atoms with Crippen molar-refractivity contribution in [2.24, 2.45) is 0 Å². The highest BCUT2D eigenvalue weighted by Gasteiger charge is 2.35. The van der Waals surface area contributed by atoms with Gasteiger partial charge in [0.2, 0.25) is 0 Å². The zero-order valence-electron chi connectivity index (χ0n) is 11.9. The zero-order chi connectivity index (χ0) is 16.4. The number of benzene rings is 2. The van der Waals surface area contributed by atoms with Gasteiger partial charge in [-0.15, -0.1) is 0 Å². The Morgan fingerprint density at radius 3 is 2.48 bits per heavy atom. The number of amides is 2. The predicted molar refractivity (Wildman–Crippen MR) is 86.0 cm³/mol. The van der Waals surface area contributed by atoms with Crippen LogP contribution in [0.4, 0.5) is 9.18 Å². The number of imide groups is 1. The third-order valence-electron chi connectivity index (χ3n) is 3.35. The van der Waals surface area contributed by atoms with E-state index in [9.17, 15) is 19.1 Å². The van der Waals surface area contributed by atoms with E-state index in [-0.39, 0.29) is 17.2 Å². The maximum atomic E-state index is 13.7. The molecule has 1 fully saturated rings. The predicted octanol–water partition coefficient (Wildman–Crippen LogP) is 3.77. The summed E-state index contributed by atoms with van der Waals surface area (Å²) in [7, 11) is 0. The molecule has 116 valence electrons. The van der Waals surface area contributed by atoms with Crippen LogP contribution < -0.4 is 0 Å². The van der Waals surface area contributed by atoms with E-state index in [1.807, 2.05) is 0 Å². The van der Waals surface area contributed by atoms with Crippen molar-refractivity contribution in [2.75, 3.05) is 0 Å². The lowest BCUT2D eigenvalue weighted by atomic mass is 10.2. The maximum absolute atomic E-state index is 13.7. The van der Waals surface area contributed by atoms with Crippen LogP contribution >= 0.6 is 11.8 Å². The molecule has 2 aromatic carbocycles. The molecule has 6 heteroatoms. The first-order chi connectivity index (χ1) is 11.0. The second kappa shape index (κ2) is 6.26. The van der Waals surface area contributed by atoms with E-state index in [2.05, 4.69) is 0 Å². The number of phenols is 1. The molecule has 1 N–H and O–H groups in total. The van der Waals surface area contributed by atoms with Gasteiger partial charge in [-0.1, -0.05) is 30.3 Å². The lowest BCUT2D eigenvalue weighted by Crippen LogP contribution is -2.27. The molecule has 1 heterocycles. The van der Waals surface area contributed by atoms with Crippen molar-refractivity contribution in [3.8, 4) is 5.75 Å². The molecule has 0 bridgehead atoms. The third kappa shape index (κ3) is 3.27. The van der Waals surface area contributed by atoms with E-state index in [0.29, 0.717) is 11.1 Å². The SMILES string of the molecule is O=C1S/C(=C\c2ccc(O)cc2)C(=O)N1Cc1ccccc1F. The van der Waals surface area contributed by atoms with Crippen LogP contribution in [0, 0.1) is 5.82 Å². The van der Waals surface area contributed by atoms with Gasteiger partial charge >= 0.3 is 0 Å². The Hall–Kier alpha value is -2.60. The van der Waals surface area contributed by atoms with Crippen molar-refractivity contribution in [1.82, 2.24) is 4.90 Å². The second-order valence-corrected chi connectivity index (χ2v) is 5.94. The molecule has 4 nitrogen and oxygen atoms in total. The average Bonchev–Trinajstić information content (AvgIpc) is 2.79. The number of hydrogen-bond donors (Lipinski definition) is 1. The van der Waals surface area contributed by atoms with Crippen LogP contribution in [-0.4, -0.2) is 21.2 Å². The van der Waals surface area contributed by atoms with Crippen LogP contribution in [0.15, 0.2) is 53.4 Å². The molecule has 2 aromatic rings. The van der Waals surface area contributed by atoms with E-state index < -0.39 is 17.0 Å². The van der Waals surface area contributed by atoms with Crippen molar-refractivity contribution in [3.63, 3.8) is 0 Å². The van der Waals surface area contributed by atoms with Gasteiger partial charge in [0.15, 0.2) is 0 Å². The molecular formula is C17H12FNO3S. The molecule has 3 rings (SSSR count). The molecule has 0 saturated carbocycles. The first kappa shape index (κ1) is 15.3. The minimum atomic E-state index is -0.450. The Bertz CT molecular complexity index is 802. The zero-order valence-corrected chi connectivity index (χ0v) is 12.7. The van der Waals surface area contributed by atoms with Gasteiger partial charge in [0.05, 0.1) is 11.4 Å². The van der Waals surface area contributed by atoms with Gasteiger partial charge in [0, 0.05) is 5.56 Å².